The van der Waals surface area contributed by atoms with Crippen LogP contribution in [0.1, 0.15) is 33.2 Å². The average molecular weight is 429 g/mol. The Morgan fingerprint density at radius 1 is 0.778 bits per heavy atom. The largest absolute Gasteiger partial charge is 0.392 e. The monoisotopic (exact) mass is 428 g/mol. The minimum Gasteiger partial charge on any atom is -0.392 e. The van der Waals surface area contributed by atoms with E-state index in [0.29, 0.717) is 0 Å². The molecule has 9 nitrogen and oxygen atoms in total. The maximum atomic E-state index is 10.6. The van der Waals surface area contributed by atoms with Crippen molar-refractivity contribution in [1.29, 1.82) is 0 Å². The van der Waals surface area contributed by atoms with Crippen LogP contribution in [0.5, 0.6) is 0 Å². The number of alkyl halides is 1. The van der Waals surface area contributed by atoms with Gasteiger partial charge in [0, 0.05) is 32.8 Å². The molecule has 3 N–H and O–H groups in total. The number of nitro benzene ring substituents is 2. The minimum atomic E-state index is -2.86. The van der Waals surface area contributed by atoms with Gasteiger partial charge in [-0.3, -0.25) is 20.2 Å². The van der Waals surface area contributed by atoms with Crippen molar-refractivity contribution in [3.63, 3.8) is 0 Å². The molecule has 27 heavy (non-hydrogen) atoms. The quantitative estimate of drug-likeness (QED) is 0.363. The van der Waals surface area contributed by atoms with Crippen LogP contribution in [-0.2, 0) is 25.5 Å². The lowest BCUT2D eigenvalue weighted by Crippen LogP contribution is -1.94. The highest BCUT2D eigenvalue weighted by Gasteiger charge is 2.09. The van der Waals surface area contributed by atoms with Crippen molar-refractivity contribution in [2.24, 2.45) is 0 Å². The highest BCUT2D eigenvalue weighted by atomic mass is 35.5. The molecule has 0 radical (unpaired) electrons. The number of halogens is 2. The van der Waals surface area contributed by atoms with Gasteiger partial charge >= 0.3 is 0 Å². The fourth-order valence-electron chi connectivity index (χ4n) is 1.68. The van der Waals surface area contributed by atoms with E-state index in [1.165, 1.54) is 0 Å². The molecule has 11 heteroatoms. The fourth-order valence-corrected chi connectivity index (χ4v) is 1.79. The van der Waals surface area contributed by atoms with E-state index in [1.54, 1.807) is 0 Å². The standard InChI is InChI=1S/C8H8ClNO3.C8H9NO4.ClH/c9-4-6-1-7(5-11)3-8(2-6)10(12)13;10-4-6-1-7(5-11)3-8(2-6)9(12)13;/h1-3,11H,4-5H2;1-3,10-11H,4-5H2;1H/i2*4D2,5D2;. The summed E-state index contributed by atoms with van der Waals surface area (Å²) in [6.07, 6.45) is 0. The summed E-state index contributed by atoms with van der Waals surface area (Å²) >= 11 is 5.36. The molecule has 2 aromatic rings. The fraction of sp³-hybridized carbons (Fsp3) is 0.250. The first-order chi connectivity index (χ1) is 15.0. The van der Waals surface area contributed by atoms with E-state index in [0.717, 1.165) is 36.4 Å². The molecule has 0 aliphatic carbocycles. The summed E-state index contributed by atoms with van der Waals surface area (Å²) in [4.78, 5) is 19.5. The van der Waals surface area contributed by atoms with Crippen LogP contribution in [-0.4, -0.2) is 25.2 Å². The Labute approximate surface area is 176 Å². The summed E-state index contributed by atoms with van der Waals surface area (Å²) < 4.78 is 56.6. The van der Waals surface area contributed by atoms with Crippen LogP contribution in [0.4, 0.5) is 11.4 Å². The van der Waals surface area contributed by atoms with E-state index in [2.05, 4.69) is 0 Å². The molecule has 0 amide bonds. The van der Waals surface area contributed by atoms with Gasteiger partial charge in [0.15, 0.2) is 0 Å². The van der Waals surface area contributed by atoms with Crippen LogP contribution in [0.15, 0.2) is 36.4 Å². The number of benzene rings is 2. The van der Waals surface area contributed by atoms with Crippen LogP contribution in [0.2, 0.25) is 0 Å². The van der Waals surface area contributed by atoms with Crippen molar-refractivity contribution in [1.82, 2.24) is 0 Å². The predicted octanol–water partition coefficient (Wildman–Crippen LogP) is 2.83. The molecule has 0 atom stereocenters. The number of hydrogen-bond acceptors (Lipinski definition) is 7. The topological polar surface area (TPSA) is 147 Å². The zero-order valence-electron chi connectivity index (χ0n) is 21.1. The maximum absolute atomic E-state index is 10.6. The zero-order valence-corrected chi connectivity index (χ0v) is 14.7. The predicted molar refractivity (Wildman–Crippen MR) is 101 cm³/mol. The van der Waals surface area contributed by atoms with Crippen LogP contribution < -0.4 is 0 Å². The van der Waals surface area contributed by atoms with Gasteiger partial charge in [0.1, 0.15) is 0 Å². The molecule has 0 aliphatic rings. The summed E-state index contributed by atoms with van der Waals surface area (Å²) in [6, 6.07) is 5.03. The minimum absolute atomic E-state index is 0. The third-order valence-corrected chi connectivity index (χ3v) is 2.97. The number of nitrogens with zero attached hydrogens (tertiary/aromatic N) is 2. The number of rotatable bonds is 6. The highest BCUT2D eigenvalue weighted by molar-refractivity contribution is 6.17. The lowest BCUT2D eigenvalue weighted by molar-refractivity contribution is -0.385. The van der Waals surface area contributed by atoms with Crippen molar-refractivity contribution in [2.45, 2.75) is 25.5 Å². The summed E-state index contributed by atoms with van der Waals surface area (Å²) in [6.45, 7) is -8.51. The Hall–Kier alpha value is -2.30. The lowest BCUT2D eigenvalue weighted by atomic mass is 10.1. The summed E-state index contributed by atoms with van der Waals surface area (Å²) in [7, 11) is 0. The number of nitro groups is 2. The molecular formula is C16H18Cl2N2O7. The lowest BCUT2D eigenvalue weighted by Gasteiger charge is -2.00. The molecule has 0 aliphatic heterocycles. The second-order valence-corrected chi connectivity index (χ2v) is 4.67. The van der Waals surface area contributed by atoms with E-state index < -0.39 is 63.4 Å². The smallest absolute Gasteiger partial charge is 0.270 e. The van der Waals surface area contributed by atoms with E-state index in [9.17, 15) is 20.2 Å². The molecule has 0 aromatic heterocycles. The van der Waals surface area contributed by atoms with Gasteiger partial charge in [0.05, 0.1) is 37.7 Å². The molecule has 2 aromatic carbocycles. The van der Waals surface area contributed by atoms with Crippen molar-refractivity contribution >= 4 is 35.4 Å². The van der Waals surface area contributed by atoms with E-state index >= 15 is 0 Å². The Morgan fingerprint density at radius 3 is 1.33 bits per heavy atom. The van der Waals surface area contributed by atoms with E-state index in [-0.39, 0.29) is 18.0 Å². The molecule has 2 rings (SSSR count). The first-order valence-corrected chi connectivity index (χ1v) is 6.88. The van der Waals surface area contributed by atoms with Gasteiger partial charge < -0.3 is 15.3 Å². The van der Waals surface area contributed by atoms with Crippen molar-refractivity contribution < 1.29 is 36.1 Å². The number of non-ortho nitro benzene ring substituents is 2. The van der Waals surface area contributed by atoms with Gasteiger partial charge in [0.2, 0.25) is 0 Å². The molecule has 0 fully saturated rings. The Bertz CT molecular complexity index is 934. The van der Waals surface area contributed by atoms with E-state index in [4.69, 9.17) is 37.9 Å². The Morgan fingerprint density at radius 2 is 1.07 bits per heavy atom. The molecule has 0 spiro atoms. The van der Waals surface area contributed by atoms with Crippen LogP contribution >= 0.6 is 24.0 Å². The third kappa shape index (κ3) is 7.85. The van der Waals surface area contributed by atoms with Crippen molar-refractivity contribution in [2.75, 3.05) is 0 Å². The van der Waals surface area contributed by atoms with Gasteiger partial charge in [-0.25, -0.2) is 0 Å². The van der Waals surface area contributed by atoms with Crippen LogP contribution in [0.3, 0.4) is 0 Å². The van der Waals surface area contributed by atoms with Gasteiger partial charge in [-0.1, -0.05) is 12.1 Å². The molecule has 0 bridgehead atoms. The van der Waals surface area contributed by atoms with Gasteiger partial charge in [-0.2, -0.15) is 0 Å². The Kier molecular flexibility index (Phi) is 6.21. The number of hydrogen-bond donors (Lipinski definition) is 3. The summed E-state index contributed by atoms with van der Waals surface area (Å²) in [5, 5.41) is 48.5. The first kappa shape index (κ1) is 13.8. The maximum Gasteiger partial charge on any atom is 0.270 e. The number of aliphatic hydroxyl groups is 3. The van der Waals surface area contributed by atoms with Crippen molar-refractivity contribution in [3.8, 4) is 0 Å². The molecule has 0 saturated heterocycles. The molecular weight excluding hydrogens is 403 g/mol. The van der Waals surface area contributed by atoms with Crippen LogP contribution in [0.25, 0.3) is 0 Å². The SMILES string of the molecule is Cl.[2H]C([2H])(O)c1cc([N+](=O)[O-])cc(C([2H])([2H])Cl)c1.[2H]C([2H])(O)c1cc([N+](=O)[O-])cc(C([2H])([2H])O)c1. The molecule has 148 valence electrons. The first-order valence-electron chi connectivity index (χ1n) is 10.5. The normalized spacial score (nSPS) is 16.1. The van der Waals surface area contributed by atoms with Gasteiger partial charge in [-0.05, 0) is 22.3 Å². The second kappa shape index (κ2) is 12.2. The second-order valence-electron chi connectivity index (χ2n) is 4.48. The highest BCUT2D eigenvalue weighted by Crippen LogP contribution is 2.19. The molecule has 0 saturated carbocycles. The average Bonchev–Trinajstić information content (AvgIpc) is 2.65. The molecule has 0 heterocycles. The Balaban J connectivity index is 0.000000642. The van der Waals surface area contributed by atoms with Crippen molar-refractivity contribution in [3.05, 3.63) is 78.9 Å². The van der Waals surface area contributed by atoms with Crippen LogP contribution in [0, 0.1) is 20.2 Å². The van der Waals surface area contributed by atoms with Gasteiger partial charge in [-0.15, -0.1) is 24.0 Å². The third-order valence-electron chi connectivity index (χ3n) is 2.75. The molecule has 0 unspecified atom stereocenters. The summed E-state index contributed by atoms with van der Waals surface area (Å²) in [5.74, 6) is -2.38. The zero-order chi connectivity index (χ0) is 26.9. The van der Waals surface area contributed by atoms with Gasteiger partial charge in [0.25, 0.3) is 11.4 Å². The summed E-state index contributed by atoms with van der Waals surface area (Å²) in [5.41, 5.74) is -2.87. The van der Waals surface area contributed by atoms with E-state index in [1.807, 2.05) is 0 Å².